The van der Waals surface area contributed by atoms with Crippen LogP contribution in [0.3, 0.4) is 0 Å². The summed E-state index contributed by atoms with van der Waals surface area (Å²) in [4.78, 5) is 24.6. The molecular weight excluding hydrogens is 370 g/mol. The van der Waals surface area contributed by atoms with Crippen LogP contribution in [0.2, 0.25) is 0 Å². The van der Waals surface area contributed by atoms with Crippen LogP contribution in [0.1, 0.15) is 24.9 Å². The van der Waals surface area contributed by atoms with Gasteiger partial charge < -0.3 is 10.1 Å². The molecule has 0 aliphatic carbocycles. The van der Waals surface area contributed by atoms with Crippen LogP contribution in [0, 0.1) is 0 Å². The predicted molar refractivity (Wildman–Crippen MR) is 101 cm³/mol. The Labute approximate surface area is 158 Å². The molecule has 1 aromatic rings. The van der Waals surface area contributed by atoms with Gasteiger partial charge in [0.05, 0.1) is 25.4 Å². The lowest BCUT2D eigenvalue weighted by molar-refractivity contribution is -0.119. The Morgan fingerprint density at radius 2 is 2.00 bits per heavy atom. The number of carbonyl (C=O) groups excluding carboxylic acids is 2. The highest BCUT2D eigenvalue weighted by atomic mass is 32.2. The summed E-state index contributed by atoms with van der Waals surface area (Å²) in [5.41, 5.74) is 1.50. The fraction of sp³-hybridized carbons (Fsp3) is 0.444. The number of amides is 2. The molecule has 1 unspecified atom stereocenters. The monoisotopic (exact) mass is 393 g/mol. The predicted octanol–water partition coefficient (Wildman–Crippen LogP) is 1.41. The molecule has 2 aliphatic rings. The number of carbonyl (C=O) groups is 2. The molecule has 2 amide bonds. The molecule has 1 saturated heterocycles. The molecule has 146 valence electrons. The molecule has 0 aromatic heterocycles. The summed E-state index contributed by atoms with van der Waals surface area (Å²) in [6, 6.07) is 6.85. The largest absolute Gasteiger partial charge is 0.442 e. The Morgan fingerprint density at radius 3 is 2.63 bits per heavy atom. The van der Waals surface area contributed by atoms with Crippen LogP contribution in [0.25, 0.3) is 0 Å². The molecule has 0 spiro atoms. The third-order valence-corrected chi connectivity index (χ3v) is 5.83. The smallest absolute Gasteiger partial charge is 0.414 e. The number of sulfonamides is 1. The molecule has 1 aromatic carbocycles. The van der Waals surface area contributed by atoms with Gasteiger partial charge in [0.1, 0.15) is 6.10 Å². The Morgan fingerprint density at radius 1 is 1.30 bits per heavy atom. The van der Waals surface area contributed by atoms with E-state index in [0.717, 1.165) is 5.56 Å². The Bertz CT molecular complexity index is 850. The highest BCUT2D eigenvalue weighted by Crippen LogP contribution is 2.30. The van der Waals surface area contributed by atoms with E-state index in [-0.39, 0.29) is 18.5 Å². The van der Waals surface area contributed by atoms with Crippen LogP contribution in [0.15, 0.2) is 36.4 Å². The maximum atomic E-state index is 12.1. The number of nitrogens with zero attached hydrogens (tertiary/aromatic N) is 2. The van der Waals surface area contributed by atoms with E-state index >= 15 is 0 Å². The summed E-state index contributed by atoms with van der Waals surface area (Å²) in [6.45, 7) is 2.47. The van der Waals surface area contributed by atoms with Gasteiger partial charge in [0.15, 0.2) is 0 Å². The fourth-order valence-electron chi connectivity index (χ4n) is 3.26. The first-order valence-electron chi connectivity index (χ1n) is 8.72. The lowest BCUT2D eigenvalue weighted by Gasteiger charge is -2.30. The van der Waals surface area contributed by atoms with Gasteiger partial charge in [-0.25, -0.2) is 13.2 Å². The second-order valence-electron chi connectivity index (χ2n) is 6.68. The molecular formula is C18H23N3O5S. The lowest BCUT2D eigenvalue weighted by atomic mass is 10.0. The number of anilines is 1. The topological polar surface area (TPSA) is 96.0 Å². The van der Waals surface area contributed by atoms with E-state index in [9.17, 15) is 18.0 Å². The number of benzene rings is 1. The van der Waals surface area contributed by atoms with Crippen LogP contribution < -0.4 is 10.2 Å². The number of cyclic esters (lactones) is 1. The zero-order valence-corrected chi connectivity index (χ0v) is 16.1. The number of rotatable bonds is 5. The van der Waals surface area contributed by atoms with Crippen molar-refractivity contribution in [1.29, 1.82) is 0 Å². The summed E-state index contributed by atoms with van der Waals surface area (Å²) in [5, 5.41) is 2.64. The fourth-order valence-corrected chi connectivity index (χ4v) is 4.30. The average molecular weight is 393 g/mol. The van der Waals surface area contributed by atoms with E-state index in [2.05, 4.69) is 5.32 Å². The molecule has 27 heavy (non-hydrogen) atoms. The summed E-state index contributed by atoms with van der Waals surface area (Å²) >= 11 is 0. The van der Waals surface area contributed by atoms with Gasteiger partial charge >= 0.3 is 6.09 Å². The van der Waals surface area contributed by atoms with E-state index in [4.69, 9.17) is 4.74 Å². The molecule has 2 heterocycles. The van der Waals surface area contributed by atoms with Crippen LogP contribution in [-0.2, 0) is 19.6 Å². The second kappa shape index (κ2) is 7.69. The molecule has 1 fully saturated rings. The molecule has 1 N–H and O–H groups in total. The van der Waals surface area contributed by atoms with Crippen molar-refractivity contribution >= 4 is 27.7 Å². The van der Waals surface area contributed by atoms with Crippen molar-refractivity contribution in [3.05, 3.63) is 42.0 Å². The number of hydrogen-bond acceptors (Lipinski definition) is 5. The quantitative estimate of drug-likeness (QED) is 0.763. The minimum atomic E-state index is -3.32. The van der Waals surface area contributed by atoms with E-state index in [1.165, 1.54) is 22.4 Å². The zero-order chi connectivity index (χ0) is 19.6. The molecule has 0 radical (unpaired) electrons. The second-order valence-corrected chi connectivity index (χ2v) is 8.62. The third kappa shape index (κ3) is 4.48. The van der Waals surface area contributed by atoms with Crippen molar-refractivity contribution in [2.24, 2.45) is 0 Å². The highest BCUT2D eigenvalue weighted by Gasteiger charge is 2.33. The summed E-state index contributed by atoms with van der Waals surface area (Å²) in [7, 11) is -3.32. The standard InChI is InChI=1S/C18H23N3O5S/c1-13(22)19-11-16-12-20(18(23)26-16)15-8-6-14(7-9-15)17-5-3-4-10-21(17)27(2,24)25/h3,5-9,16-17H,4,10-12H2,1-2H3,(H,19,22)/t16-,17?/m0/s1. The first-order valence-corrected chi connectivity index (χ1v) is 10.6. The summed E-state index contributed by atoms with van der Waals surface area (Å²) in [6.07, 6.45) is 4.90. The molecule has 2 aliphatic heterocycles. The Hall–Kier alpha value is -2.39. The van der Waals surface area contributed by atoms with E-state index in [1.54, 1.807) is 12.1 Å². The van der Waals surface area contributed by atoms with Gasteiger partial charge in [-0.2, -0.15) is 4.31 Å². The van der Waals surface area contributed by atoms with Gasteiger partial charge in [-0.15, -0.1) is 0 Å². The minimum Gasteiger partial charge on any atom is -0.442 e. The SMILES string of the molecule is CC(=O)NC[C@H]1CN(c2ccc(C3C=CCCN3S(C)(=O)=O)cc2)C(=O)O1. The van der Waals surface area contributed by atoms with Gasteiger partial charge in [0, 0.05) is 19.2 Å². The minimum absolute atomic E-state index is 0.176. The van der Waals surface area contributed by atoms with E-state index in [1.807, 2.05) is 24.3 Å². The van der Waals surface area contributed by atoms with E-state index < -0.39 is 22.2 Å². The van der Waals surface area contributed by atoms with Crippen LogP contribution >= 0.6 is 0 Å². The number of hydrogen-bond donors (Lipinski definition) is 1. The molecule has 2 atom stereocenters. The molecule has 3 rings (SSSR count). The Kier molecular flexibility index (Phi) is 5.52. The summed E-state index contributed by atoms with van der Waals surface area (Å²) < 4.78 is 30.8. The van der Waals surface area contributed by atoms with Crippen molar-refractivity contribution in [2.45, 2.75) is 25.5 Å². The van der Waals surface area contributed by atoms with Crippen molar-refractivity contribution in [1.82, 2.24) is 9.62 Å². The van der Waals surface area contributed by atoms with Gasteiger partial charge in [-0.05, 0) is 24.1 Å². The molecule has 0 bridgehead atoms. The molecule has 0 saturated carbocycles. The maximum absolute atomic E-state index is 12.1. The van der Waals surface area contributed by atoms with Gasteiger partial charge in [-0.3, -0.25) is 9.69 Å². The van der Waals surface area contributed by atoms with Gasteiger partial charge in [0.2, 0.25) is 15.9 Å². The number of nitrogens with one attached hydrogen (secondary N) is 1. The third-order valence-electron chi connectivity index (χ3n) is 4.57. The molecule has 8 nitrogen and oxygen atoms in total. The number of ether oxygens (including phenoxy) is 1. The van der Waals surface area contributed by atoms with Crippen molar-refractivity contribution in [3.63, 3.8) is 0 Å². The van der Waals surface area contributed by atoms with Gasteiger partial charge in [0.25, 0.3) is 0 Å². The first kappa shape index (κ1) is 19.4. The van der Waals surface area contributed by atoms with Crippen molar-refractivity contribution in [2.75, 3.05) is 30.8 Å². The van der Waals surface area contributed by atoms with E-state index in [0.29, 0.717) is 25.2 Å². The lowest BCUT2D eigenvalue weighted by Crippen LogP contribution is -2.35. The Balaban J connectivity index is 1.73. The van der Waals surface area contributed by atoms with Gasteiger partial charge in [-0.1, -0.05) is 24.3 Å². The summed E-state index contributed by atoms with van der Waals surface area (Å²) in [5.74, 6) is -0.176. The highest BCUT2D eigenvalue weighted by molar-refractivity contribution is 7.88. The van der Waals surface area contributed by atoms with Crippen molar-refractivity contribution in [3.8, 4) is 0 Å². The molecule has 9 heteroatoms. The maximum Gasteiger partial charge on any atom is 0.414 e. The first-order chi connectivity index (χ1) is 12.8. The van der Waals surface area contributed by atoms with Crippen LogP contribution in [-0.4, -0.2) is 56.7 Å². The average Bonchev–Trinajstić information content (AvgIpc) is 3.00. The van der Waals surface area contributed by atoms with Crippen LogP contribution in [0.5, 0.6) is 0 Å². The van der Waals surface area contributed by atoms with Crippen molar-refractivity contribution < 1.29 is 22.7 Å². The normalized spacial score (nSPS) is 23.3. The van der Waals surface area contributed by atoms with Crippen LogP contribution in [0.4, 0.5) is 10.5 Å². The zero-order valence-electron chi connectivity index (χ0n) is 15.3.